The number of hydrogen-bond acceptors (Lipinski definition) is 2. The topological polar surface area (TPSA) is 18.5 Å². The van der Waals surface area contributed by atoms with E-state index in [2.05, 4.69) is 16.1 Å². The van der Waals surface area contributed by atoms with Crippen molar-refractivity contribution in [1.29, 1.82) is 0 Å². The molecule has 0 aromatic carbocycles. The van der Waals surface area contributed by atoms with Crippen molar-refractivity contribution in [3.63, 3.8) is 0 Å². The Morgan fingerprint density at radius 1 is 1.39 bits per heavy atom. The third kappa shape index (κ3) is 2.39. The molecule has 0 heterocycles. The van der Waals surface area contributed by atoms with Crippen LogP contribution in [-0.4, -0.2) is 31.6 Å². The van der Waals surface area contributed by atoms with Crippen LogP contribution in [0.25, 0.3) is 0 Å². The maximum absolute atomic E-state index is 13.3. The number of alkyl halides is 5. The molecule has 104 valence electrons. The molecule has 0 aliphatic heterocycles. The van der Waals surface area contributed by atoms with Crippen LogP contribution in [0.2, 0.25) is 0 Å². The van der Waals surface area contributed by atoms with E-state index < -0.39 is 42.3 Å². The lowest BCUT2D eigenvalue weighted by molar-refractivity contribution is -0.231. The maximum atomic E-state index is 13.3. The van der Waals surface area contributed by atoms with Crippen LogP contribution in [0.4, 0.5) is 26.3 Å². The third-order valence-electron chi connectivity index (χ3n) is 2.50. The average molecular weight is 276 g/mol. The van der Waals surface area contributed by atoms with E-state index in [0.29, 0.717) is 6.08 Å². The first kappa shape index (κ1) is 15.0. The summed E-state index contributed by atoms with van der Waals surface area (Å²) in [6.45, 7) is 1.97. The van der Waals surface area contributed by atoms with Crippen LogP contribution >= 0.6 is 0 Å². The zero-order valence-electron chi connectivity index (χ0n) is 9.28. The van der Waals surface area contributed by atoms with Gasteiger partial charge in [0.2, 0.25) is 0 Å². The average Bonchev–Trinajstić information content (AvgIpc) is 2.24. The fraction of sp³-hybridized carbons (Fsp3) is 0.600. The minimum absolute atomic E-state index is 0.308. The lowest BCUT2D eigenvalue weighted by Gasteiger charge is -2.43. The Labute approximate surface area is 98.9 Å². The first-order valence-electron chi connectivity index (χ1n) is 4.71. The summed E-state index contributed by atoms with van der Waals surface area (Å²) in [7, 11) is 1.10. The zero-order valence-corrected chi connectivity index (χ0v) is 9.28. The second-order valence-corrected chi connectivity index (χ2v) is 3.79. The predicted molar refractivity (Wildman–Crippen MR) is 49.6 cm³/mol. The molecule has 0 N–H and O–H groups in total. The zero-order chi connectivity index (χ0) is 14.2. The van der Waals surface area contributed by atoms with E-state index in [9.17, 15) is 26.3 Å². The van der Waals surface area contributed by atoms with Gasteiger partial charge in [0.15, 0.2) is 11.4 Å². The van der Waals surface area contributed by atoms with Gasteiger partial charge >= 0.3 is 12.1 Å². The van der Waals surface area contributed by atoms with Crippen LogP contribution in [-0.2, 0) is 9.47 Å². The van der Waals surface area contributed by atoms with Crippen molar-refractivity contribution >= 4 is 0 Å². The van der Waals surface area contributed by atoms with Gasteiger partial charge in [0.25, 0.3) is 0 Å². The van der Waals surface area contributed by atoms with E-state index in [1.165, 1.54) is 0 Å². The lowest BCUT2D eigenvalue weighted by atomic mass is 9.78. The summed E-state index contributed by atoms with van der Waals surface area (Å²) in [6, 6.07) is 0. The van der Waals surface area contributed by atoms with Crippen molar-refractivity contribution in [3.05, 3.63) is 24.1 Å². The molecule has 0 saturated carbocycles. The molecule has 0 aromatic rings. The SMILES string of the molecule is C=C(CC1(OCOC)C=C(F)C1(F)F)C(F)(F)F. The van der Waals surface area contributed by atoms with Gasteiger partial charge in [0.05, 0.1) is 0 Å². The molecule has 0 spiro atoms. The Bertz CT molecular complexity index is 373. The smallest absolute Gasteiger partial charge is 0.359 e. The van der Waals surface area contributed by atoms with Crippen molar-refractivity contribution in [2.75, 3.05) is 13.9 Å². The number of ether oxygens (including phenoxy) is 2. The highest BCUT2D eigenvalue weighted by Gasteiger charge is 2.66. The van der Waals surface area contributed by atoms with Crippen molar-refractivity contribution < 1.29 is 35.8 Å². The van der Waals surface area contributed by atoms with E-state index in [1.54, 1.807) is 0 Å². The van der Waals surface area contributed by atoms with Crippen LogP contribution in [0, 0.1) is 0 Å². The Balaban J connectivity index is 2.93. The van der Waals surface area contributed by atoms with Gasteiger partial charge in [-0.05, 0) is 6.08 Å². The van der Waals surface area contributed by atoms with E-state index in [4.69, 9.17) is 0 Å². The van der Waals surface area contributed by atoms with Crippen molar-refractivity contribution in [3.8, 4) is 0 Å². The molecule has 8 heteroatoms. The molecule has 1 unspecified atom stereocenters. The maximum Gasteiger partial charge on any atom is 0.412 e. The Hall–Kier alpha value is -1.02. The fourth-order valence-corrected chi connectivity index (χ4v) is 1.44. The molecule has 1 atom stereocenters. The van der Waals surface area contributed by atoms with Crippen LogP contribution in [0.15, 0.2) is 24.1 Å². The lowest BCUT2D eigenvalue weighted by Crippen LogP contribution is -2.57. The molecule has 1 aliphatic rings. The quantitative estimate of drug-likeness (QED) is 0.435. The van der Waals surface area contributed by atoms with E-state index in [-0.39, 0.29) is 0 Å². The summed E-state index contributed by atoms with van der Waals surface area (Å²) in [4.78, 5) is 0. The number of methoxy groups -OCH3 is 1. The minimum atomic E-state index is -4.85. The molecule has 0 fully saturated rings. The Morgan fingerprint density at radius 2 is 1.94 bits per heavy atom. The van der Waals surface area contributed by atoms with Crippen molar-refractivity contribution in [2.45, 2.75) is 24.1 Å². The molecule has 2 nitrogen and oxygen atoms in total. The second kappa shape index (κ2) is 4.58. The summed E-state index contributed by atoms with van der Waals surface area (Å²) >= 11 is 0. The van der Waals surface area contributed by atoms with Gasteiger partial charge in [-0.15, -0.1) is 0 Å². The van der Waals surface area contributed by atoms with Gasteiger partial charge < -0.3 is 9.47 Å². The highest BCUT2D eigenvalue weighted by molar-refractivity contribution is 5.36. The van der Waals surface area contributed by atoms with Gasteiger partial charge in [-0.25, -0.2) is 4.39 Å². The Morgan fingerprint density at radius 3 is 2.28 bits per heavy atom. The highest BCUT2D eigenvalue weighted by Crippen LogP contribution is 2.53. The number of rotatable bonds is 5. The molecule has 0 aromatic heterocycles. The Kier molecular flexibility index (Phi) is 3.83. The van der Waals surface area contributed by atoms with Crippen molar-refractivity contribution in [2.24, 2.45) is 0 Å². The normalized spacial score (nSPS) is 26.5. The summed E-state index contributed by atoms with van der Waals surface area (Å²) < 4.78 is 84.9. The summed E-state index contributed by atoms with van der Waals surface area (Å²) in [5, 5.41) is 0. The van der Waals surface area contributed by atoms with Crippen LogP contribution in [0.3, 0.4) is 0 Å². The van der Waals surface area contributed by atoms with Gasteiger partial charge in [0.1, 0.15) is 6.79 Å². The van der Waals surface area contributed by atoms with Gasteiger partial charge in [-0.3, -0.25) is 0 Å². The first-order chi connectivity index (χ1) is 8.07. The largest absolute Gasteiger partial charge is 0.412 e. The molecule has 0 saturated heterocycles. The minimum Gasteiger partial charge on any atom is -0.359 e. The van der Waals surface area contributed by atoms with Gasteiger partial charge in [-0.1, -0.05) is 6.58 Å². The monoisotopic (exact) mass is 276 g/mol. The summed E-state index contributed by atoms with van der Waals surface area (Å²) in [5.41, 5.74) is -4.12. The fourth-order valence-electron chi connectivity index (χ4n) is 1.44. The predicted octanol–water partition coefficient (Wildman–Crippen LogP) is 3.36. The third-order valence-corrected chi connectivity index (χ3v) is 2.50. The summed E-state index contributed by atoms with van der Waals surface area (Å²) in [6.07, 6.45) is -5.80. The highest BCUT2D eigenvalue weighted by atomic mass is 19.4. The molecule has 1 aliphatic carbocycles. The second-order valence-electron chi connectivity index (χ2n) is 3.79. The summed E-state index contributed by atoms with van der Waals surface area (Å²) in [5.74, 6) is -5.95. The van der Waals surface area contributed by atoms with E-state index in [1.807, 2.05) is 0 Å². The van der Waals surface area contributed by atoms with Crippen LogP contribution in [0.5, 0.6) is 0 Å². The molecule has 0 amide bonds. The van der Waals surface area contributed by atoms with Gasteiger partial charge in [0, 0.05) is 19.1 Å². The standard InChI is InChI=1S/C10H10F6O2/c1-6(10(14,15)16)3-8(18-5-17-2)4-7(11)9(8,12)13/h4H,1,3,5H2,2H3. The molecule has 0 radical (unpaired) electrons. The van der Waals surface area contributed by atoms with E-state index >= 15 is 0 Å². The molecule has 1 rings (SSSR count). The van der Waals surface area contributed by atoms with Crippen LogP contribution in [0.1, 0.15) is 6.42 Å². The van der Waals surface area contributed by atoms with Gasteiger partial charge in [-0.2, -0.15) is 22.0 Å². The number of halogens is 6. The number of hydrogen-bond donors (Lipinski definition) is 0. The molecule has 0 bridgehead atoms. The molecule has 18 heavy (non-hydrogen) atoms. The van der Waals surface area contributed by atoms with E-state index in [0.717, 1.165) is 7.11 Å². The molecular weight excluding hydrogens is 266 g/mol. The van der Waals surface area contributed by atoms with Crippen LogP contribution < -0.4 is 0 Å². The first-order valence-corrected chi connectivity index (χ1v) is 4.71. The molecular formula is C10H10F6O2. The van der Waals surface area contributed by atoms with Crippen molar-refractivity contribution in [1.82, 2.24) is 0 Å².